The normalized spacial score (nSPS) is 26.2. The Labute approximate surface area is 138 Å². The van der Waals surface area contributed by atoms with E-state index in [4.69, 9.17) is 4.99 Å². The largest absolute Gasteiger partial charge is 0.303 e. The first-order chi connectivity index (χ1) is 11.2. The van der Waals surface area contributed by atoms with E-state index in [0.717, 1.165) is 44.5 Å². The van der Waals surface area contributed by atoms with Crippen molar-refractivity contribution in [1.29, 1.82) is 0 Å². The van der Waals surface area contributed by atoms with Crippen LogP contribution in [0.5, 0.6) is 0 Å². The second kappa shape index (κ2) is 5.86. The van der Waals surface area contributed by atoms with E-state index >= 15 is 0 Å². The lowest BCUT2D eigenvalue weighted by atomic mass is 9.64. The molecule has 0 aromatic heterocycles. The van der Waals surface area contributed by atoms with Crippen LogP contribution in [0.3, 0.4) is 0 Å². The summed E-state index contributed by atoms with van der Waals surface area (Å²) in [5.74, 6) is 0.280. The monoisotopic (exact) mass is 310 g/mol. The average molecular weight is 310 g/mol. The van der Waals surface area contributed by atoms with Crippen molar-refractivity contribution in [1.82, 2.24) is 4.90 Å². The summed E-state index contributed by atoms with van der Waals surface area (Å²) in [6.07, 6.45) is 13.7. The van der Waals surface area contributed by atoms with Crippen LogP contribution in [0.15, 0.2) is 40.1 Å². The maximum atomic E-state index is 12.3. The summed E-state index contributed by atoms with van der Waals surface area (Å²) in [7, 11) is 0. The fraction of sp³-hybridized carbons (Fsp3) is 0.600. The third-order valence-corrected chi connectivity index (χ3v) is 5.94. The molecular weight excluding hydrogens is 284 g/mol. The minimum absolute atomic E-state index is 0.0651. The molecule has 4 rings (SSSR count). The third kappa shape index (κ3) is 2.55. The molecule has 1 saturated heterocycles. The van der Waals surface area contributed by atoms with Crippen LogP contribution in [0.25, 0.3) is 0 Å². The van der Waals surface area contributed by atoms with E-state index < -0.39 is 0 Å². The molecule has 1 fully saturated rings. The standard InChI is InChI=1S/C20H26N2O/c1-2-3-10-22-11-8-20(9-12-22)14-15(23)13-18-19(20)16-6-4-5-7-17(16)21-18/h4-5,13H,2-3,6-12,14H2,1H3. The number of carbonyl (C=O) groups excluding carboxylic acids is 1. The van der Waals surface area contributed by atoms with Crippen LogP contribution >= 0.6 is 0 Å². The number of fused-ring (bicyclic) bond motifs is 3. The van der Waals surface area contributed by atoms with E-state index in [9.17, 15) is 4.79 Å². The van der Waals surface area contributed by atoms with Crippen LogP contribution in [0.4, 0.5) is 0 Å². The summed E-state index contributed by atoms with van der Waals surface area (Å²) < 4.78 is 0. The van der Waals surface area contributed by atoms with E-state index in [-0.39, 0.29) is 11.2 Å². The van der Waals surface area contributed by atoms with Gasteiger partial charge >= 0.3 is 0 Å². The lowest BCUT2D eigenvalue weighted by Gasteiger charge is -2.44. The molecule has 2 aliphatic heterocycles. The fourth-order valence-corrected chi connectivity index (χ4v) is 4.69. The number of ketones is 1. The molecule has 0 radical (unpaired) electrons. The number of hydrogen-bond acceptors (Lipinski definition) is 3. The minimum Gasteiger partial charge on any atom is -0.303 e. The van der Waals surface area contributed by atoms with Gasteiger partial charge in [-0.15, -0.1) is 0 Å². The molecule has 122 valence electrons. The second-order valence-electron chi connectivity index (χ2n) is 7.44. The Morgan fingerprint density at radius 3 is 2.78 bits per heavy atom. The smallest absolute Gasteiger partial charge is 0.158 e. The highest BCUT2D eigenvalue weighted by atomic mass is 16.1. The molecule has 0 aromatic carbocycles. The molecule has 1 spiro atoms. The van der Waals surface area contributed by atoms with Crippen LogP contribution in [0.1, 0.15) is 51.9 Å². The number of unbranched alkanes of at least 4 members (excludes halogenated alkanes) is 1. The van der Waals surface area contributed by atoms with Gasteiger partial charge in [0.15, 0.2) is 5.78 Å². The van der Waals surface area contributed by atoms with Gasteiger partial charge in [-0.1, -0.05) is 25.5 Å². The van der Waals surface area contributed by atoms with Gasteiger partial charge in [-0.25, -0.2) is 0 Å². The van der Waals surface area contributed by atoms with E-state index in [1.54, 1.807) is 0 Å². The second-order valence-corrected chi connectivity index (χ2v) is 7.44. The third-order valence-electron chi connectivity index (χ3n) is 5.94. The first-order valence-electron chi connectivity index (χ1n) is 9.16. The lowest BCUT2D eigenvalue weighted by Crippen LogP contribution is -2.44. The molecule has 0 atom stereocenters. The van der Waals surface area contributed by atoms with Crippen molar-refractivity contribution in [3.63, 3.8) is 0 Å². The molecule has 0 unspecified atom stereocenters. The molecule has 3 heteroatoms. The Morgan fingerprint density at radius 1 is 1.22 bits per heavy atom. The van der Waals surface area contributed by atoms with Crippen molar-refractivity contribution < 1.29 is 4.79 Å². The number of carbonyl (C=O) groups is 1. The number of piperidine rings is 1. The van der Waals surface area contributed by atoms with Gasteiger partial charge in [0.25, 0.3) is 0 Å². The van der Waals surface area contributed by atoms with Gasteiger partial charge in [-0.3, -0.25) is 9.79 Å². The summed E-state index contributed by atoms with van der Waals surface area (Å²) in [6.45, 7) is 5.72. The highest BCUT2D eigenvalue weighted by Gasteiger charge is 2.46. The van der Waals surface area contributed by atoms with Crippen molar-refractivity contribution in [3.05, 3.63) is 35.1 Å². The van der Waals surface area contributed by atoms with Gasteiger partial charge in [-0.2, -0.15) is 0 Å². The predicted octanol–water partition coefficient (Wildman–Crippen LogP) is 3.83. The fourth-order valence-electron chi connectivity index (χ4n) is 4.69. The van der Waals surface area contributed by atoms with Crippen LogP contribution < -0.4 is 0 Å². The lowest BCUT2D eigenvalue weighted by molar-refractivity contribution is -0.117. The molecule has 0 amide bonds. The Bertz CT molecular complexity index is 643. The topological polar surface area (TPSA) is 32.7 Å². The average Bonchev–Trinajstić information content (AvgIpc) is 2.93. The Hall–Kier alpha value is -1.48. The molecule has 0 saturated carbocycles. The van der Waals surface area contributed by atoms with E-state index in [1.807, 2.05) is 6.08 Å². The van der Waals surface area contributed by atoms with Gasteiger partial charge in [0.1, 0.15) is 0 Å². The van der Waals surface area contributed by atoms with Crippen molar-refractivity contribution >= 4 is 11.5 Å². The van der Waals surface area contributed by atoms with Gasteiger partial charge in [-0.05, 0) is 56.5 Å². The quantitative estimate of drug-likeness (QED) is 0.742. The number of aliphatic imine (C=N–C) groups is 1. The molecule has 23 heavy (non-hydrogen) atoms. The van der Waals surface area contributed by atoms with Gasteiger partial charge < -0.3 is 4.90 Å². The van der Waals surface area contributed by atoms with Crippen molar-refractivity contribution in [2.45, 2.75) is 51.9 Å². The number of likely N-dealkylation sites (tertiary alicyclic amines) is 1. The Balaban J connectivity index is 1.63. The molecule has 0 aromatic rings. The van der Waals surface area contributed by atoms with Crippen LogP contribution in [0, 0.1) is 5.41 Å². The zero-order valence-electron chi connectivity index (χ0n) is 14.1. The number of nitrogens with zero attached hydrogens (tertiary/aromatic N) is 2. The first kappa shape index (κ1) is 15.1. The number of rotatable bonds is 3. The summed E-state index contributed by atoms with van der Waals surface area (Å²) in [5, 5.41) is 0. The highest BCUT2D eigenvalue weighted by Crippen LogP contribution is 2.52. The maximum absolute atomic E-state index is 12.3. The highest BCUT2D eigenvalue weighted by molar-refractivity contribution is 6.09. The summed E-state index contributed by atoms with van der Waals surface area (Å²) in [6, 6.07) is 0. The maximum Gasteiger partial charge on any atom is 0.158 e. The number of allylic oxidation sites excluding steroid dienone is 5. The SMILES string of the molecule is CCCCN1CCC2(CC1)CC(=O)C=C1N=C3CC=CCC3=C12. The zero-order valence-corrected chi connectivity index (χ0v) is 14.1. The van der Waals surface area contributed by atoms with Crippen LogP contribution in [0.2, 0.25) is 0 Å². The number of hydrogen-bond donors (Lipinski definition) is 0. The van der Waals surface area contributed by atoms with Gasteiger partial charge in [0.05, 0.1) is 5.70 Å². The van der Waals surface area contributed by atoms with Crippen LogP contribution in [-0.4, -0.2) is 36.0 Å². The van der Waals surface area contributed by atoms with E-state index in [2.05, 4.69) is 24.0 Å². The Kier molecular flexibility index (Phi) is 3.84. The zero-order chi connectivity index (χ0) is 15.9. The van der Waals surface area contributed by atoms with Crippen LogP contribution in [-0.2, 0) is 4.79 Å². The van der Waals surface area contributed by atoms with E-state index in [1.165, 1.54) is 36.2 Å². The molecular formula is C20H26N2O. The summed E-state index contributed by atoms with van der Waals surface area (Å²) in [5.41, 5.74) is 5.16. The van der Waals surface area contributed by atoms with Crippen molar-refractivity contribution in [2.75, 3.05) is 19.6 Å². The van der Waals surface area contributed by atoms with Crippen molar-refractivity contribution in [2.24, 2.45) is 10.4 Å². The summed E-state index contributed by atoms with van der Waals surface area (Å²) in [4.78, 5) is 19.7. The van der Waals surface area contributed by atoms with Crippen molar-refractivity contribution in [3.8, 4) is 0 Å². The molecule has 4 aliphatic rings. The molecule has 3 nitrogen and oxygen atoms in total. The Morgan fingerprint density at radius 2 is 2.00 bits per heavy atom. The predicted molar refractivity (Wildman–Crippen MR) is 93.6 cm³/mol. The first-order valence-corrected chi connectivity index (χ1v) is 9.16. The van der Waals surface area contributed by atoms with Gasteiger partial charge in [0.2, 0.25) is 0 Å². The molecule has 0 bridgehead atoms. The molecule has 2 aliphatic carbocycles. The van der Waals surface area contributed by atoms with E-state index in [0.29, 0.717) is 6.42 Å². The summed E-state index contributed by atoms with van der Waals surface area (Å²) >= 11 is 0. The van der Waals surface area contributed by atoms with Gasteiger partial charge in [0, 0.05) is 30.0 Å². The minimum atomic E-state index is 0.0651. The molecule has 0 N–H and O–H groups in total. The molecule has 2 heterocycles.